The molecule has 0 unspecified atom stereocenters. The zero-order chi connectivity index (χ0) is 18.4. The molecule has 0 fully saturated rings. The molecule has 134 valence electrons. The fourth-order valence-corrected chi connectivity index (χ4v) is 2.43. The lowest BCUT2D eigenvalue weighted by Gasteiger charge is -2.10. The highest BCUT2D eigenvalue weighted by Gasteiger charge is 2.17. The van der Waals surface area contributed by atoms with Crippen LogP contribution in [0.5, 0.6) is 17.2 Å². The molecular weight excluding hydrogens is 334 g/mol. The van der Waals surface area contributed by atoms with E-state index in [9.17, 15) is 4.79 Å². The summed E-state index contributed by atoms with van der Waals surface area (Å²) in [5, 5.41) is 2.79. The lowest BCUT2D eigenvalue weighted by atomic mass is 10.2. The molecule has 0 bridgehead atoms. The minimum atomic E-state index is -0.367. The van der Waals surface area contributed by atoms with Crippen LogP contribution in [0.4, 0.5) is 5.69 Å². The number of para-hydroxylation sites is 1. The third kappa shape index (κ3) is 3.97. The number of carbonyl (C=O) groups excluding carboxylic acids is 1. The third-order valence-corrected chi connectivity index (χ3v) is 3.73. The van der Waals surface area contributed by atoms with Gasteiger partial charge < -0.3 is 23.9 Å². The first-order valence-electron chi connectivity index (χ1n) is 7.99. The Balaban J connectivity index is 1.70. The van der Waals surface area contributed by atoms with Crippen LogP contribution in [0, 0.1) is 0 Å². The number of rotatable bonds is 7. The maximum absolute atomic E-state index is 12.5. The van der Waals surface area contributed by atoms with Crippen molar-refractivity contribution in [3.63, 3.8) is 0 Å². The molecule has 0 saturated carbocycles. The highest BCUT2D eigenvalue weighted by Crippen LogP contribution is 2.30. The second-order valence-electron chi connectivity index (χ2n) is 5.40. The van der Waals surface area contributed by atoms with Crippen LogP contribution in [-0.2, 0) is 6.61 Å². The summed E-state index contributed by atoms with van der Waals surface area (Å²) < 4.78 is 21.5. The first-order valence-corrected chi connectivity index (χ1v) is 7.99. The van der Waals surface area contributed by atoms with Crippen LogP contribution >= 0.6 is 0 Å². The molecule has 3 rings (SSSR count). The second kappa shape index (κ2) is 8.11. The van der Waals surface area contributed by atoms with Gasteiger partial charge >= 0.3 is 0 Å². The summed E-state index contributed by atoms with van der Waals surface area (Å²) in [4.78, 5) is 12.5. The van der Waals surface area contributed by atoms with Crippen molar-refractivity contribution in [3.05, 3.63) is 72.2 Å². The average molecular weight is 353 g/mol. The summed E-state index contributed by atoms with van der Waals surface area (Å²) in [5.74, 6) is 1.67. The van der Waals surface area contributed by atoms with Gasteiger partial charge in [0.15, 0.2) is 17.3 Å². The minimum absolute atomic E-state index is 0.204. The maximum atomic E-state index is 12.5. The van der Waals surface area contributed by atoms with Gasteiger partial charge in [-0.25, -0.2) is 0 Å². The van der Waals surface area contributed by atoms with Crippen LogP contribution in [-0.4, -0.2) is 20.1 Å². The van der Waals surface area contributed by atoms with E-state index in [1.54, 1.807) is 31.4 Å². The summed E-state index contributed by atoms with van der Waals surface area (Å²) in [6, 6.07) is 16.2. The average Bonchev–Trinajstić information content (AvgIpc) is 3.16. The fourth-order valence-electron chi connectivity index (χ4n) is 2.43. The molecule has 2 aromatic carbocycles. The summed E-state index contributed by atoms with van der Waals surface area (Å²) in [5.41, 5.74) is 1.23. The van der Waals surface area contributed by atoms with Crippen molar-refractivity contribution in [1.82, 2.24) is 0 Å². The lowest BCUT2D eigenvalue weighted by Crippen LogP contribution is -2.13. The highest BCUT2D eigenvalue weighted by molar-refractivity contribution is 6.03. The van der Waals surface area contributed by atoms with Gasteiger partial charge in [0, 0.05) is 17.3 Å². The Morgan fingerprint density at radius 2 is 1.77 bits per heavy atom. The number of nitrogens with one attached hydrogen (secondary N) is 1. The molecule has 26 heavy (non-hydrogen) atoms. The number of furan rings is 1. The Hall–Kier alpha value is -3.41. The van der Waals surface area contributed by atoms with Crippen molar-refractivity contribution in [2.45, 2.75) is 6.61 Å². The summed E-state index contributed by atoms with van der Waals surface area (Å²) in [6.07, 6.45) is 1.47. The van der Waals surface area contributed by atoms with Crippen LogP contribution < -0.4 is 19.5 Å². The molecule has 0 aliphatic rings. The van der Waals surface area contributed by atoms with Crippen molar-refractivity contribution in [1.29, 1.82) is 0 Å². The van der Waals surface area contributed by atoms with E-state index >= 15 is 0 Å². The van der Waals surface area contributed by atoms with Gasteiger partial charge in [-0.3, -0.25) is 4.79 Å². The summed E-state index contributed by atoms with van der Waals surface area (Å²) in [6.45, 7) is 0.231. The number of anilines is 1. The molecule has 6 heteroatoms. The molecule has 0 saturated heterocycles. The van der Waals surface area contributed by atoms with E-state index in [-0.39, 0.29) is 18.3 Å². The molecular formula is C20H19NO5. The molecule has 6 nitrogen and oxygen atoms in total. The predicted molar refractivity (Wildman–Crippen MR) is 97.0 cm³/mol. The van der Waals surface area contributed by atoms with Gasteiger partial charge in [-0.2, -0.15) is 0 Å². The van der Waals surface area contributed by atoms with Gasteiger partial charge in [0.25, 0.3) is 5.91 Å². The lowest BCUT2D eigenvalue weighted by molar-refractivity contribution is 0.0993. The minimum Gasteiger partial charge on any atom is -0.493 e. The Labute approximate surface area is 151 Å². The van der Waals surface area contributed by atoms with E-state index in [0.717, 1.165) is 5.75 Å². The standard InChI is InChI=1S/C20H19NO5/c1-23-17-9-8-15(12-18(17)24-2)21-20(22)19-14(10-11-25-19)13-26-16-6-4-3-5-7-16/h3-12H,13H2,1-2H3,(H,21,22). The number of ether oxygens (including phenoxy) is 3. The molecule has 0 radical (unpaired) electrons. The molecule has 1 N–H and O–H groups in total. The number of hydrogen-bond donors (Lipinski definition) is 1. The number of carbonyl (C=O) groups is 1. The van der Waals surface area contributed by atoms with Gasteiger partial charge in [0.05, 0.1) is 20.5 Å². The van der Waals surface area contributed by atoms with E-state index in [1.165, 1.54) is 13.4 Å². The van der Waals surface area contributed by atoms with E-state index < -0.39 is 0 Å². The molecule has 0 spiro atoms. The van der Waals surface area contributed by atoms with Crippen molar-refractivity contribution in [3.8, 4) is 17.2 Å². The van der Waals surface area contributed by atoms with Crippen LogP contribution in [0.1, 0.15) is 16.1 Å². The molecule has 3 aromatic rings. The summed E-state index contributed by atoms with van der Waals surface area (Å²) in [7, 11) is 3.09. The Kier molecular flexibility index (Phi) is 5.43. The normalized spacial score (nSPS) is 10.2. The van der Waals surface area contributed by atoms with Gasteiger partial charge in [0.2, 0.25) is 0 Å². The fraction of sp³-hybridized carbons (Fsp3) is 0.150. The van der Waals surface area contributed by atoms with Crippen LogP contribution in [0.25, 0.3) is 0 Å². The Bertz CT molecular complexity index is 873. The zero-order valence-corrected chi connectivity index (χ0v) is 14.5. The van der Waals surface area contributed by atoms with Crippen molar-refractivity contribution >= 4 is 11.6 Å². The smallest absolute Gasteiger partial charge is 0.291 e. The van der Waals surface area contributed by atoms with E-state index in [0.29, 0.717) is 22.7 Å². The third-order valence-electron chi connectivity index (χ3n) is 3.73. The quantitative estimate of drug-likeness (QED) is 0.692. The van der Waals surface area contributed by atoms with Crippen LogP contribution in [0.2, 0.25) is 0 Å². The predicted octanol–water partition coefficient (Wildman–Crippen LogP) is 4.13. The zero-order valence-electron chi connectivity index (χ0n) is 14.5. The summed E-state index contributed by atoms with van der Waals surface area (Å²) >= 11 is 0. The molecule has 0 atom stereocenters. The largest absolute Gasteiger partial charge is 0.493 e. The van der Waals surface area contributed by atoms with Gasteiger partial charge in [-0.1, -0.05) is 18.2 Å². The van der Waals surface area contributed by atoms with Gasteiger partial charge in [-0.05, 0) is 30.3 Å². The number of methoxy groups -OCH3 is 2. The van der Waals surface area contributed by atoms with Crippen molar-refractivity contribution < 1.29 is 23.4 Å². The molecule has 1 aromatic heterocycles. The maximum Gasteiger partial charge on any atom is 0.291 e. The number of benzene rings is 2. The Morgan fingerprint density at radius 1 is 1.00 bits per heavy atom. The number of amides is 1. The molecule has 1 heterocycles. The van der Waals surface area contributed by atoms with Crippen molar-refractivity contribution in [2.24, 2.45) is 0 Å². The molecule has 1 amide bonds. The van der Waals surface area contributed by atoms with Gasteiger partial charge in [0.1, 0.15) is 12.4 Å². The topological polar surface area (TPSA) is 69.9 Å². The van der Waals surface area contributed by atoms with E-state index in [4.69, 9.17) is 18.6 Å². The van der Waals surface area contributed by atoms with Crippen LogP contribution in [0.3, 0.4) is 0 Å². The van der Waals surface area contributed by atoms with E-state index in [2.05, 4.69) is 5.32 Å². The second-order valence-corrected chi connectivity index (χ2v) is 5.40. The van der Waals surface area contributed by atoms with Crippen molar-refractivity contribution in [2.75, 3.05) is 19.5 Å². The van der Waals surface area contributed by atoms with Crippen LogP contribution in [0.15, 0.2) is 65.3 Å². The molecule has 0 aliphatic carbocycles. The van der Waals surface area contributed by atoms with Gasteiger partial charge in [-0.15, -0.1) is 0 Å². The molecule has 0 aliphatic heterocycles. The first-order chi connectivity index (χ1) is 12.7. The van der Waals surface area contributed by atoms with E-state index in [1.807, 2.05) is 30.3 Å². The highest BCUT2D eigenvalue weighted by atomic mass is 16.5. The SMILES string of the molecule is COc1ccc(NC(=O)c2occc2COc2ccccc2)cc1OC. The first kappa shape index (κ1) is 17.4. The monoisotopic (exact) mass is 353 g/mol. The Morgan fingerprint density at radius 3 is 2.50 bits per heavy atom. The number of hydrogen-bond acceptors (Lipinski definition) is 5.